The van der Waals surface area contributed by atoms with Gasteiger partial charge in [-0.15, -0.1) is 11.8 Å². The summed E-state index contributed by atoms with van der Waals surface area (Å²) in [6, 6.07) is 14.1. The molecule has 0 radical (unpaired) electrons. The molecule has 1 N–H and O–H groups in total. The number of hydrogen-bond donors (Lipinski definition) is 1. The topological polar surface area (TPSA) is 47.6 Å². The van der Waals surface area contributed by atoms with Gasteiger partial charge in [0.2, 0.25) is 5.91 Å². The summed E-state index contributed by atoms with van der Waals surface area (Å²) in [5.41, 5.74) is 3.14. The minimum atomic E-state index is -0.325. The zero-order chi connectivity index (χ0) is 19.4. The molecule has 0 bridgehead atoms. The van der Waals surface area contributed by atoms with Gasteiger partial charge in [0, 0.05) is 17.7 Å². The molecule has 1 heterocycles. The second-order valence-electron chi connectivity index (χ2n) is 7.57. The third-order valence-corrected chi connectivity index (χ3v) is 5.64. The van der Waals surface area contributed by atoms with E-state index in [1.165, 1.54) is 11.1 Å². The Hall–Kier alpha value is -2.14. The number of nitrogens with one attached hydrogen (secondary N) is 1. The Morgan fingerprint density at radius 1 is 1.26 bits per heavy atom. The molecular formula is C22H27NO3S. The van der Waals surface area contributed by atoms with Crippen LogP contribution in [-0.4, -0.2) is 24.4 Å². The Labute approximate surface area is 165 Å². The highest BCUT2D eigenvalue weighted by Gasteiger charge is 2.34. The van der Waals surface area contributed by atoms with E-state index < -0.39 is 0 Å². The number of aryl methyl sites for hydroxylation is 1. The van der Waals surface area contributed by atoms with Crippen LogP contribution in [0, 0.1) is 6.92 Å². The number of ether oxygens (including phenoxy) is 2. The highest BCUT2D eigenvalue weighted by atomic mass is 32.2. The number of hydrogen-bond acceptors (Lipinski definition) is 4. The number of fused-ring (bicyclic) bond motifs is 1. The molecule has 1 aliphatic rings. The molecule has 0 aromatic heterocycles. The van der Waals surface area contributed by atoms with E-state index in [0.29, 0.717) is 5.75 Å². The molecule has 0 saturated carbocycles. The average molecular weight is 386 g/mol. The fourth-order valence-corrected chi connectivity index (χ4v) is 4.07. The molecule has 0 unspecified atom stereocenters. The minimum absolute atomic E-state index is 0.0450. The predicted octanol–water partition coefficient (Wildman–Crippen LogP) is 4.66. The maximum Gasteiger partial charge on any atom is 0.230 e. The van der Waals surface area contributed by atoms with Crippen LogP contribution in [0.15, 0.2) is 42.5 Å². The van der Waals surface area contributed by atoms with Crippen molar-refractivity contribution in [3.63, 3.8) is 0 Å². The molecule has 1 atom stereocenters. The molecule has 4 nitrogen and oxygen atoms in total. The first-order chi connectivity index (χ1) is 12.9. The Balaban J connectivity index is 1.62. The zero-order valence-electron chi connectivity index (χ0n) is 16.4. The standard InChI is InChI=1S/C22H27NO3S/c1-15-5-7-16(8-6-15)13-27-14-21(24)23-19-12-22(2,3)26-20-10-9-17(25-4)11-18(19)20/h5-11,19H,12-14H2,1-4H3,(H,23,24)/t19-/m1/s1. The number of carbonyl (C=O) groups excluding carboxylic acids is 1. The van der Waals surface area contributed by atoms with Gasteiger partial charge in [0.1, 0.15) is 17.1 Å². The van der Waals surface area contributed by atoms with Crippen molar-refractivity contribution in [3.05, 3.63) is 59.2 Å². The van der Waals surface area contributed by atoms with Gasteiger partial charge in [-0.05, 0) is 44.5 Å². The second-order valence-corrected chi connectivity index (χ2v) is 8.55. The normalized spacial score (nSPS) is 17.6. The van der Waals surface area contributed by atoms with Gasteiger partial charge in [0.05, 0.1) is 18.9 Å². The van der Waals surface area contributed by atoms with Gasteiger partial charge < -0.3 is 14.8 Å². The van der Waals surface area contributed by atoms with Crippen molar-refractivity contribution in [2.45, 2.75) is 44.6 Å². The Morgan fingerprint density at radius 2 is 2.00 bits per heavy atom. The van der Waals surface area contributed by atoms with E-state index in [1.54, 1.807) is 18.9 Å². The van der Waals surface area contributed by atoms with Crippen LogP contribution in [0.1, 0.15) is 43.0 Å². The third kappa shape index (κ3) is 5.19. The zero-order valence-corrected chi connectivity index (χ0v) is 17.2. The van der Waals surface area contributed by atoms with Crippen molar-refractivity contribution in [1.82, 2.24) is 5.32 Å². The lowest BCUT2D eigenvalue weighted by Crippen LogP contribution is -2.41. The number of methoxy groups -OCH3 is 1. The highest BCUT2D eigenvalue weighted by molar-refractivity contribution is 7.99. The van der Waals surface area contributed by atoms with Crippen molar-refractivity contribution in [2.24, 2.45) is 0 Å². The van der Waals surface area contributed by atoms with Crippen LogP contribution >= 0.6 is 11.8 Å². The summed E-state index contributed by atoms with van der Waals surface area (Å²) in [5.74, 6) is 2.89. The summed E-state index contributed by atoms with van der Waals surface area (Å²) in [4.78, 5) is 12.5. The van der Waals surface area contributed by atoms with Crippen LogP contribution in [0.2, 0.25) is 0 Å². The summed E-state index contributed by atoms with van der Waals surface area (Å²) in [6.07, 6.45) is 0.724. The Morgan fingerprint density at radius 3 is 2.70 bits per heavy atom. The molecule has 2 aromatic carbocycles. The van der Waals surface area contributed by atoms with E-state index in [0.717, 1.165) is 29.2 Å². The highest BCUT2D eigenvalue weighted by Crippen LogP contribution is 2.41. The molecule has 144 valence electrons. The van der Waals surface area contributed by atoms with E-state index in [2.05, 4.69) is 36.5 Å². The molecule has 1 aliphatic heterocycles. The first kappa shape index (κ1) is 19.6. The molecule has 0 spiro atoms. The molecule has 27 heavy (non-hydrogen) atoms. The van der Waals surface area contributed by atoms with Gasteiger partial charge in [0.15, 0.2) is 0 Å². The summed E-state index contributed by atoms with van der Waals surface area (Å²) in [6.45, 7) is 6.17. The van der Waals surface area contributed by atoms with Gasteiger partial charge in [0.25, 0.3) is 0 Å². The Bertz CT molecular complexity index is 802. The Kier molecular flexibility index (Phi) is 6.00. The van der Waals surface area contributed by atoms with Crippen molar-refractivity contribution in [1.29, 1.82) is 0 Å². The van der Waals surface area contributed by atoms with Crippen LogP contribution in [-0.2, 0) is 10.5 Å². The predicted molar refractivity (Wildman–Crippen MR) is 111 cm³/mol. The lowest BCUT2D eigenvalue weighted by Gasteiger charge is -2.38. The molecule has 0 fully saturated rings. The third-order valence-electron chi connectivity index (χ3n) is 4.63. The number of rotatable bonds is 6. The molecule has 3 rings (SSSR count). The van der Waals surface area contributed by atoms with Gasteiger partial charge >= 0.3 is 0 Å². The van der Waals surface area contributed by atoms with Crippen LogP contribution in [0.3, 0.4) is 0 Å². The first-order valence-electron chi connectivity index (χ1n) is 9.16. The molecule has 2 aromatic rings. The molecule has 0 saturated heterocycles. The maximum atomic E-state index is 12.5. The van der Waals surface area contributed by atoms with Crippen LogP contribution in [0.5, 0.6) is 11.5 Å². The van der Waals surface area contributed by atoms with Crippen molar-refractivity contribution >= 4 is 17.7 Å². The fourth-order valence-electron chi connectivity index (χ4n) is 3.27. The van der Waals surface area contributed by atoms with Crippen LogP contribution in [0.4, 0.5) is 0 Å². The largest absolute Gasteiger partial charge is 0.497 e. The van der Waals surface area contributed by atoms with Gasteiger partial charge in [-0.1, -0.05) is 29.8 Å². The van der Waals surface area contributed by atoms with E-state index in [9.17, 15) is 4.79 Å². The van der Waals surface area contributed by atoms with E-state index in [-0.39, 0.29) is 17.6 Å². The van der Waals surface area contributed by atoms with Crippen molar-refractivity contribution in [2.75, 3.05) is 12.9 Å². The van der Waals surface area contributed by atoms with Crippen LogP contribution in [0.25, 0.3) is 0 Å². The van der Waals surface area contributed by atoms with Crippen LogP contribution < -0.4 is 14.8 Å². The van der Waals surface area contributed by atoms with Gasteiger partial charge in [-0.25, -0.2) is 0 Å². The maximum absolute atomic E-state index is 12.5. The SMILES string of the molecule is COc1ccc2c(c1)[C@H](NC(=O)CSCc1ccc(C)cc1)CC(C)(C)O2. The molecule has 5 heteroatoms. The summed E-state index contributed by atoms with van der Waals surface area (Å²) >= 11 is 1.63. The van der Waals surface area contributed by atoms with Gasteiger partial charge in [-0.3, -0.25) is 4.79 Å². The summed E-state index contributed by atoms with van der Waals surface area (Å²) in [7, 11) is 1.64. The molecule has 1 amide bonds. The van der Waals surface area contributed by atoms with Gasteiger partial charge in [-0.2, -0.15) is 0 Å². The van der Waals surface area contributed by atoms with E-state index in [4.69, 9.17) is 9.47 Å². The number of thioether (sulfide) groups is 1. The summed E-state index contributed by atoms with van der Waals surface area (Å²) in [5, 5.41) is 3.18. The lowest BCUT2D eigenvalue weighted by atomic mass is 9.89. The quantitative estimate of drug-likeness (QED) is 0.786. The lowest BCUT2D eigenvalue weighted by molar-refractivity contribution is -0.119. The second kappa shape index (κ2) is 8.26. The number of carbonyl (C=O) groups is 1. The van der Waals surface area contributed by atoms with E-state index in [1.807, 2.05) is 32.0 Å². The first-order valence-corrected chi connectivity index (χ1v) is 10.3. The monoisotopic (exact) mass is 385 g/mol. The van der Waals surface area contributed by atoms with Crippen molar-refractivity contribution in [3.8, 4) is 11.5 Å². The number of amides is 1. The van der Waals surface area contributed by atoms with E-state index >= 15 is 0 Å². The fraction of sp³-hybridized carbons (Fsp3) is 0.409. The smallest absolute Gasteiger partial charge is 0.230 e. The average Bonchev–Trinajstić information content (AvgIpc) is 2.62. The number of benzene rings is 2. The minimum Gasteiger partial charge on any atom is -0.497 e. The molecular weight excluding hydrogens is 358 g/mol. The molecule has 0 aliphatic carbocycles. The summed E-state index contributed by atoms with van der Waals surface area (Å²) < 4.78 is 11.4. The van der Waals surface area contributed by atoms with Crippen molar-refractivity contribution < 1.29 is 14.3 Å².